The number of fused-ring (bicyclic) bond motifs is 1. The monoisotopic (exact) mass is 631 g/mol. The van der Waals surface area contributed by atoms with E-state index in [1.165, 1.54) is 19.3 Å². The number of benzene rings is 1. The molecule has 3 atom stereocenters. The van der Waals surface area contributed by atoms with Gasteiger partial charge in [-0.2, -0.15) is 5.10 Å². The number of amides is 3. The van der Waals surface area contributed by atoms with Crippen LogP contribution in [0.25, 0.3) is 11.0 Å². The Morgan fingerprint density at radius 1 is 1.09 bits per heavy atom. The molecule has 4 N–H and O–H groups in total. The lowest BCUT2D eigenvalue weighted by molar-refractivity contribution is -0.134. The number of rotatable bonds is 10. The second-order valence-corrected chi connectivity index (χ2v) is 13.8. The Hall–Kier alpha value is -3.73. The predicted octanol–water partition coefficient (Wildman–Crippen LogP) is 4.38. The van der Waals surface area contributed by atoms with Gasteiger partial charge in [-0.15, -0.1) is 0 Å². The fourth-order valence-corrected chi connectivity index (χ4v) is 7.67. The number of aromatic nitrogens is 4. The van der Waals surface area contributed by atoms with Crippen LogP contribution in [-0.4, -0.2) is 63.3 Å². The fraction of sp³-hybridized carbons (Fsp3) is 0.629. The number of nitrogens with one attached hydrogen (secondary N) is 4. The molecule has 46 heavy (non-hydrogen) atoms. The summed E-state index contributed by atoms with van der Waals surface area (Å²) < 4.78 is 7.44. The third-order valence-electron chi connectivity index (χ3n) is 10.9. The van der Waals surface area contributed by atoms with Crippen molar-refractivity contribution in [1.82, 2.24) is 35.7 Å². The number of imidazole rings is 1. The minimum absolute atomic E-state index is 0.120. The molecule has 11 nitrogen and oxygen atoms in total. The molecule has 3 heterocycles. The van der Waals surface area contributed by atoms with Crippen molar-refractivity contribution >= 4 is 28.8 Å². The number of nitrogens with zero attached hydrogens (tertiary/aromatic N) is 3. The van der Waals surface area contributed by atoms with Crippen LogP contribution in [0.5, 0.6) is 0 Å². The molecular formula is C35H49N7O4. The molecule has 3 fully saturated rings. The summed E-state index contributed by atoms with van der Waals surface area (Å²) in [5.74, 6) is 0.587. The van der Waals surface area contributed by atoms with Crippen LogP contribution in [0.4, 0.5) is 0 Å². The summed E-state index contributed by atoms with van der Waals surface area (Å²) in [6, 6.07) is 7.11. The molecule has 3 amide bonds. The molecule has 2 aliphatic carbocycles. The topological polar surface area (TPSA) is 143 Å². The lowest BCUT2D eigenvalue weighted by atomic mass is 9.76. The Labute approximate surface area is 271 Å². The Kier molecular flexibility index (Phi) is 9.49. The van der Waals surface area contributed by atoms with Crippen LogP contribution in [0.15, 0.2) is 30.5 Å². The van der Waals surface area contributed by atoms with Gasteiger partial charge in [0.2, 0.25) is 11.8 Å². The largest absolute Gasteiger partial charge is 0.380 e. The highest BCUT2D eigenvalue weighted by molar-refractivity contribution is 5.95. The summed E-state index contributed by atoms with van der Waals surface area (Å²) in [5.41, 5.74) is 1.25. The van der Waals surface area contributed by atoms with Crippen LogP contribution in [0.3, 0.4) is 0 Å². The van der Waals surface area contributed by atoms with Crippen LogP contribution in [-0.2, 0) is 32.3 Å². The van der Waals surface area contributed by atoms with Gasteiger partial charge in [-0.3, -0.25) is 19.1 Å². The fourth-order valence-electron chi connectivity index (χ4n) is 7.67. The molecule has 1 aliphatic heterocycles. The summed E-state index contributed by atoms with van der Waals surface area (Å²) in [6.07, 6.45) is 13.0. The van der Waals surface area contributed by atoms with Gasteiger partial charge in [-0.25, -0.2) is 4.98 Å². The first-order chi connectivity index (χ1) is 22.2. The van der Waals surface area contributed by atoms with Crippen LogP contribution in [0.1, 0.15) is 106 Å². The quantitative estimate of drug-likeness (QED) is 0.262. The van der Waals surface area contributed by atoms with E-state index in [1.807, 2.05) is 25.1 Å². The molecule has 0 radical (unpaired) electrons. The first-order valence-electron chi connectivity index (χ1n) is 17.2. The highest BCUT2D eigenvalue weighted by Crippen LogP contribution is 2.40. The lowest BCUT2D eigenvalue weighted by Crippen LogP contribution is -2.57. The number of hydrogen-bond donors (Lipinski definition) is 4. The summed E-state index contributed by atoms with van der Waals surface area (Å²) in [5, 5.41) is 13.6. The predicted molar refractivity (Wildman–Crippen MR) is 175 cm³/mol. The molecule has 3 aromatic rings. The molecular weight excluding hydrogens is 582 g/mol. The zero-order chi connectivity index (χ0) is 32.3. The number of likely N-dealkylation sites (N-methyl/N-ethyl adjacent to an activating group) is 1. The smallest absolute Gasteiger partial charge is 0.270 e. The Bertz CT molecular complexity index is 1550. The van der Waals surface area contributed by atoms with Crippen LogP contribution < -0.4 is 16.0 Å². The number of aryl methyl sites for hydroxylation is 1. The third-order valence-corrected chi connectivity index (χ3v) is 10.9. The van der Waals surface area contributed by atoms with Gasteiger partial charge >= 0.3 is 0 Å². The van der Waals surface area contributed by atoms with Crippen molar-refractivity contribution in [2.24, 2.45) is 18.9 Å². The second-order valence-electron chi connectivity index (χ2n) is 13.8. The molecule has 248 valence electrons. The highest BCUT2D eigenvalue weighted by atomic mass is 16.5. The molecule has 1 saturated heterocycles. The van der Waals surface area contributed by atoms with Gasteiger partial charge in [0.15, 0.2) is 0 Å². The summed E-state index contributed by atoms with van der Waals surface area (Å²) in [4.78, 5) is 49.4. The number of hydrogen-bond acceptors (Lipinski definition) is 6. The van der Waals surface area contributed by atoms with Crippen molar-refractivity contribution in [2.45, 2.75) is 101 Å². The number of carbonyl (C=O) groups is 3. The summed E-state index contributed by atoms with van der Waals surface area (Å²) in [7, 11) is 1.77. The van der Waals surface area contributed by atoms with Gasteiger partial charge in [0.05, 0.1) is 28.6 Å². The van der Waals surface area contributed by atoms with Crippen LogP contribution >= 0.6 is 0 Å². The first-order valence-corrected chi connectivity index (χ1v) is 17.2. The summed E-state index contributed by atoms with van der Waals surface area (Å²) >= 11 is 0. The van der Waals surface area contributed by atoms with Gasteiger partial charge in [-0.05, 0) is 81.5 Å². The molecule has 0 spiro atoms. The normalized spacial score (nSPS) is 23.1. The molecule has 2 unspecified atom stereocenters. The molecule has 1 aromatic carbocycles. The number of H-pyrrole nitrogens is 1. The van der Waals surface area contributed by atoms with Crippen LogP contribution in [0, 0.1) is 11.8 Å². The standard InChI is InChI=1S/C35H49N7O4/c1-4-36-31(44)29(23-11-10-12-23)40-33(45)35(18-20-46-22-35)25-15-16-26-27(21-25)39-32(38-26)34(2,24-13-8-6-5-7-9-14-24)41-30(43)28-17-19-37-42(28)3/h15-17,19,21,23-24,29H,4-14,18,20,22H2,1-3H3,(H,36,44)(H,38,39)(H,40,45)(H,41,43)/t29-,34?,35?/m1/s1. The summed E-state index contributed by atoms with van der Waals surface area (Å²) in [6.45, 7) is 5.22. The average Bonchev–Trinajstić information content (AvgIpc) is 3.75. The average molecular weight is 632 g/mol. The zero-order valence-corrected chi connectivity index (χ0v) is 27.5. The lowest BCUT2D eigenvalue weighted by Gasteiger charge is -2.38. The van der Waals surface area contributed by atoms with E-state index < -0.39 is 17.0 Å². The minimum atomic E-state index is -0.912. The Morgan fingerprint density at radius 3 is 2.48 bits per heavy atom. The SMILES string of the molecule is CCNC(=O)[C@H](NC(=O)C1(c2ccc3nc(C(C)(NC(=O)c4ccnn4C)C4CCCCCCC4)[nH]c3c2)CCOC1)C1CCC1. The van der Waals surface area contributed by atoms with Crippen molar-refractivity contribution in [2.75, 3.05) is 19.8 Å². The number of ether oxygens (including phenoxy) is 1. The van der Waals surface area contributed by atoms with E-state index in [4.69, 9.17) is 9.72 Å². The van der Waals surface area contributed by atoms with Gasteiger partial charge in [0.25, 0.3) is 5.91 Å². The van der Waals surface area contributed by atoms with Gasteiger partial charge < -0.3 is 25.7 Å². The maximum atomic E-state index is 14.1. The first kappa shape index (κ1) is 32.2. The van der Waals surface area contributed by atoms with Crippen molar-refractivity contribution in [3.05, 3.63) is 47.5 Å². The Morgan fingerprint density at radius 2 is 1.85 bits per heavy atom. The van der Waals surface area contributed by atoms with Crippen LogP contribution in [0.2, 0.25) is 0 Å². The molecule has 2 aromatic heterocycles. The van der Waals surface area contributed by atoms with Gasteiger partial charge in [-0.1, -0.05) is 44.6 Å². The van der Waals surface area contributed by atoms with Crippen molar-refractivity contribution in [1.29, 1.82) is 0 Å². The number of carbonyl (C=O) groups excluding carboxylic acids is 3. The van der Waals surface area contributed by atoms with E-state index in [0.29, 0.717) is 31.1 Å². The van der Waals surface area contributed by atoms with Crippen molar-refractivity contribution in [3.63, 3.8) is 0 Å². The second kappa shape index (κ2) is 13.6. The maximum Gasteiger partial charge on any atom is 0.270 e. The van der Waals surface area contributed by atoms with E-state index in [-0.39, 0.29) is 36.2 Å². The zero-order valence-electron chi connectivity index (χ0n) is 27.5. The molecule has 0 bridgehead atoms. The third kappa shape index (κ3) is 6.18. The maximum absolute atomic E-state index is 14.1. The molecule has 3 aliphatic rings. The highest BCUT2D eigenvalue weighted by Gasteiger charge is 2.47. The van der Waals surface area contributed by atoms with E-state index in [0.717, 1.165) is 61.5 Å². The molecule has 11 heteroatoms. The van der Waals surface area contributed by atoms with Crippen molar-refractivity contribution in [3.8, 4) is 0 Å². The minimum Gasteiger partial charge on any atom is -0.380 e. The number of aromatic amines is 1. The van der Waals surface area contributed by atoms with E-state index >= 15 is 0 Å². The van der Waals surface area contributed by atoms with Crippen molar-refractivity contribution < 1.29 is 19.1 Å². The molecule has 2 saturated carbocycles. The van der Waals surface area contributed by atoms with E-state index in [2.05, 4.69) is 33.0 Å². The van der Waals surface area contributed by atoms with E-state index in [1.54, 1.807) is 24.0 Å². The van der Waals surface area contributed by atoms with Gasteiger partial charge in [0, 0.05) is 26.4 Å². The van der Waals surface area contributed by atoms with Gasteiger partial charge in [0.1, 0.15) is 17.6 Å². The molecule has 6 rings (SSSR count). The Balaban J connectivity index is 1.33. The van der Waals surface area contributed by atoms with E-state index in [9.17, 15) is 14.4 Å².